The number of nitrogens with zero attached hydrogens (tertiary/aromatic N) is 4. The van der Waals surface area contributed by atoms with Crippen molar-refractivity contribution in [3.8, 4) is 0 Å². The second-order valence-electron chi connectivity index (χ2n) is 18.7. The Labute approximate surface area is 273 Å². The standard InChI is InChI=1S/C40H50N4O2/c1-43-15-13-39-27-7-3-5-9-29(27)41-35(39)33-25(19-31(39)43)23(21-43)11-17-45-37(33)42-30-10-6-4-8-28(30)40-14-16-44(2)22-24-12-18-46-38(41)34(36(40)42)26(24)20-32(40)44/h3-10,23-26,31-38H,11-22H2,1-2H3/q+2/t23-,24-,25+,26+,31+,32+,33-,34-,35+,36+,37-,38-,39-,40-,43?,44?/m1/s1. The largest absolute Gasteiger partial charge is 0.358 e. The minimum Gasteiger partial charge on any atom is -0.358 e. The van der Waals surface area contributed by atoms with Gasteiger partial charge in [0, 0.05) is 73.9 Å². The van der Waals surface area contributed by atoms with Gasteiger partial charge in [-0.25, -0.2) is 0 Å². The summed E-state index contributed by atoms with van der Waals surface area (Å²) in [6, 6.07) is 22.0. The third-order valence-electron chi connectivity index (χ3n) is 17.8. The first kappa shape index (κ1) is 25.8. The molecule has 2 aliphatic carbocycles. The van der Waals surface area contributed by atoms with Gasteiger partial charge in [0.25, 0.3) is 0 Å². The van der Waals surface area contributed by atoms with Gasteiger partial charge in [0.15, 0.2) is 0 Å². The molecule has 9 aliphatic heterocycles. The predicted molar refractivity (Wildman–Crippen MR) is 176 cm³/mol. The molecule has 2 aromatic rings. The van der Waals surface area contributed by atoms with Crippen LogP contribution in [0, 0.1) is 35.5 Å². The minimum absolute atomic E-state index is 0.151. The maximum Gasteiger partial charge on any atom is 0.135 e. The summed E-state index contributed by atoms with van der Waals surface area (Å²) < 4.78 is 17.6. The van der Waals surface area contributed by atoms with Crippen LogP contribution in [-0.2, 0) is 20.3 Å². The zero-order valence-electron chi connectivity index (χ0n) is 27.6. The molecule has 0 N–H and O–H groups in total. The number of ether oxygens (including phenoxy) is 2. The molecule has 4 bridgehead atoms. The molecule has 9 heterocycles. The van der Waals surface area contributed by atoms with Gasteiger partial charge >= 0.3 is 0 Å². The summed E-state index contributed by atoms with van der Waals surface area (Å²) in [5, 5.41) is 0. The molecule has 2 unspecified atom stereocenters. The van der Waals surface area contributed by atoms with Crippen LogP contribution in [0.3, 0.4) is 0 Å². The van der Waals surface area contributed by atoms with Gasteiger partial charge in [0.05, 0.1) is 63.2 Å². The minimum atomic E-state index is 0.151. The molecule has 46 heavy (non-hydrogen) atoms. The van der Waals surface area contributed by atoms with Gasteiger partial charge in [-0.05, 0) is 47.9 Å². The molecule has 11 aliphatic rings. The average molecular weight is 619 g/mol. The van der Waals surface area contributed by atoms with Gasteiger partial charge in [0.1, 0.15) is 24.5 Å². The summed E-state index contributed by atoms with van der Waals surface area (Å²) >= 11 is 0. The first-order valence-corrected chi connectivity index (χ1v) is 19.2. The zero-order valence-corrected chi connectivity index (χ0v) is 27.6. The van der Waals surface area contributed by atoms with Crippen molar-refractivity contribution < 1.29 is 18.4 Å². The Hall–Kier alpha value is -2.12. The molecule has 9 fully saturated rings. The molecule has 13 rings (SSSR count). The summed E-state index contributed by atoms with van der Waals surface area (Å²) in [6.45, 7) is 7.22. The van der Waals surface area contributed by atoms with Crippen LogP contribution in [0.1, 0.15) is 49.7 Å². The van der Waals surface area contributed by atoms with Crippen LogP contribution >= 0.6 is 0 Å². The van der Waals surface area contributed by atoms with Crippen molar-refractivity contribution in [1.29, 1.82) is 0 Å². The lowest BCUT2D eigenvalue weighted by atomic mass is 9.51. The number of piperidine rings is 2. The van der Waals surface area contributed by atoms with Gasteiger partial charge in [-0.1, -0.05) is 36.4 Å². The summed E-state index contributed by atoms with van der Waals surface area (Å²) in [5.41, 5.74) is 6.81. The van der Waals surface area contributed by atoms with E-state index in [1.807, 2.05) is 0 Å². The summed E-state index contributed by atoms with van der Waals surface area (Å²) in [7, 11) is 5.30. The molecule has 0 amide bonds. The number of anilines is 2. The van der Waals surface area contributed by atoms with E-state index in [0.29, 0.717) is 36.0 Å². The molecule has 0 radical (unpaired) electrons. The van der Waals surface area contributed by atoms with E-state index in [1.54, 1.807) is 22.5 Å². The molecule has 240 valence electrons. The lowest BCUT2D eigenvalue weighted by Crippen LogP contribution is -2.78. The first-order valence-electron chi connectivity index (χ1n) is 19.2. The fourth-order valence-electron chi connectivity index (χ4n) is 16.7. The number of hydrogen-bond acceptors (Lipinski definition) is 4. The Morgan fingerprint density at radius 1 is 0.652 bits per heavy atom. The van der Waals surface area contributed by atoms with E-state index < -0.39 is 0 Å². The zero-order chi connectivity index (χ0) is 29.9. The molecule has 16 atom stereocenters. The van der Waals surface area contributed by atoms with Gasteiger partial charge in [-0.3, -0.25) is 0 Å². The fourth-order valence-corrected chi connectivity index (χ4v) is 16.7. The van der Waals surface area contributed by atoms with Crippen LogP contribution in [0.15, 0.2) is 48.5 Å². The molecule has 2 saturated carbocycles. The molecule has 6 heteroatoms. The van der Waals surface area contributed by atoms with Crippen LogP contribution < -0.4 is 9.80 Å². The smallest absolute Gasteiger partial charge is 0.135 e. The SMILES string of the molecule is C[N+]12CC[C@@]34c5ccccc5N5[C@@H]6OCC[C@@H]7C[N+]8(C)CC[C@]9%10c%11ccccc%11N([C@@H]%11OCC[C@H](C1)[C@H](C[C@@H]32)[C@@H]%11[C@H]54)[C@H]9[C@H]6[C@H]7C[C@@H]%108. The Morgan fingerprint density at radius 3 is 1.59 bits per heavy atom. The second kappa shape index (κ2) is 7.85. The number of quaternary nitrogens is 2. The molecule has 0 aromatic heterocycles. The molecular weight excluding hydrogens is 568 g/mol. The quantitative estimate of drug-likeness (QED) is 0.400. The average Bonchev–Trinajstić information content (AvgIpc) is 3.66. The maximum atomic E-state index is 7.53. The normalized spacial score (nSPS) is 56.8. The number of fused-ring (bicyclic) bond motifs is 6. The van der Waals surface area contributed by atoms with Gasteiger partial charge in [0.2, 0.25) is 0 Å². The van der Waals surface area contributed by atoms with Crippen molar-refractivity contribution in [1.82, 2.24) is 0 Å². The highest BCUT2D eigenvalue weighted by atomic mass is 16.5. The summed E-state index contributed by atoms with van der Waals surface area (Å²) in [5.74, 6) is 3.97. The Morgan fingerprint density at radius 2 is 1.11 bits per heavy atom. The summed E-state index contributed by atoms with van der Waals surface area (Å²) in [4.78, 5) is 6.08. The van der Waals surface area contributed by atoms with Crippen molar-refractivity contribution in [3.05, 3.63) is 59.7 Å². The van der Waals surface area contributed by atoms with Crippen LogP contribution in [0.25, 0.3) is 0 Å². The Balaban J connectivity index is 1.14. The van der Waals surface area contributed by atoms with Gasteiger partial charge < -0.3 is 28.2 Å². The number of rotatable bonds is 0. The molecule has 2 spiro atoms. The predicted octanol–water partition coefficient (Wildman–Crippen LogP) is 4.72. The highest BCUT2D eigenvalue weighted by Gasteiger charge is 2.80. The van der Waals surface area contributed by atoms with E-state index in [9.17, 15) is 0 Å². The molecule has 2 aromatic carbocycles. The van der Waals surface area contributed by atoms with Crippen molar-refractivity contribution >= 4 is 11.4 Å². The van der Waals surface area contributed by atoms with Crippen LogP contribution in [0.2, 0.25) is 0 Å². The third-order valence-corrected chi connectivity index (χ3v) is 17.8. The van der Waals surface area contributed by atoms with Crippen LogP contribution in [-0.4, -0.2) is 99.1 Å². The highest BCUT2D eigenvalue weighted by molar-refractivity contribution is 5.71. The van der Waals surface area contributed by atoms with Crippen LogP contribution in [0.4, 0.5) is 11.4 Å². The second-order valence-corrected chi connectivity index (χ2v) is 18.7. The van der Waals surface area contributed by atoms with E-state index in [1.165, 1.54) is 73.7 Å². The number of likely N-dealkylation sites (N-methyl/N-ethyl adjacent to an activating group) is 2. The van der Waals surface area contributed by atoms with Gasteiger partial charge in [-0.2, -0.15) is 0 Å². The Bertz CT molecular complexity index is 1590. The van der Waals surface area contributed by atoms with E-state index in [2.05, 4.69) is 72.4 Å². The lowest BCUT2D eigenvalue weighted by Gasteiger charge is -2.65. The van der Waals surface area contributed by atoms with Crippen molar-refractivity contribution in [2.75, 3.05) is 63.3 Å². The van der Waals surface area contributed by atoms with Crippen molar-refractivity contribution in [2.45, 2.75) is 86.0 Å². The third kappa shape index (κ3) is 2.48. The number of hydrogen-bond donors (Lipinski definition) is 0. The summed E-state index contributed by atoms with van der Waals surface area (Å²) in [6.07, 6.45) is 8.18. The molecule has 6 nitrogen and oxygen atoms in total. The molecular formula is C40H50N4O2+2. The monoisotopic (exact) mass is 618 g/mol. The lowest BCUT2D eigenvalue weighted by molar-refractivity contribution is -0.935. The topological polar surface area (TPSA) is 24.9 Å². The van der Waals surface area contributed by atoms with E-state index in [-0.39, 0.29) is 23.3 Å². The van der Waals surface area contributed by atoms with E-state index in [4.69, 9.17) is 9.47 Å². The van der Waals surface area contributed by atoms with E-state index in [0.717, 1.165) is 36.9 Å². The number of para-hydroxylation sites is 2. The van der Waals surface area contributed by atoms with Gasteiger partial charge in [-0.15, -0.1) is 0 Å². The Kier molecular flexibility index (Phi) is 4.41. The van der Waals surface area contributed by atoms with Crippen molar-refractivity contribution in [3.63, 3.8) is 0 Å². The van der Waals surface area contributed by atoms with E-state index >= 15 is 0 Å². The highest BCUT2D eigenvalue weighted by Crippen LogP contribution is 2.72. The number of benzene rings is 2. The maximum absolute atomic E-state index is 7.53. The fraction of sp³-hybridized carbons (Fsp3) is 0.700. The van der Waals surface area contributed by atoms with Crippen molar-refractivity contribution in [2.24, 2.45) is 35.5 Å². The first-order chi connectivity index (χ1) is 22.5. The van der Waals surface area contributed by atoms with Crippen LogP contribution in [0.5, 0.6) is 0 Å². The molecule has 7 saturated heterocycles.